The molecule has 0 aliphatic carbocycles. The Morgan fingerprint density at radius 1 is 1.07 bits per heavy atom. The van der Waals surface area contributed by atoms with E-state index < -0.39 is 12.0 Å². The zero-order valence-corrected chi connectivity index (χ0v) is 18.4. The van der Waals surface area contributed by atoms with E-state index in [1.807, 2.05) is 24.3 Å². The smallest absolute Gasteiger partial charge is 0.273 e. The first kappa shape index (κ1) is 23.1. The van der Waals surface area contributed by atoms with E-state index >= 15 is 0 Å². The normalized spacial score (nSPS) is 12.1. The Bertz CT molecular complexity index is 761. The molecule has 0 fully saturated rings. The van der Waals surface area contributed by atoms with Crippen LogP contribution in [0.1, 0.15) is 62.7 Å². The van der Waals surface area contributed by atoms with Gasteiger partial charge in [0.05, 0.1) is 12.8 Å². The van der Waals surface area contributed by atoms with Crippen LogP contribution in [-0.4, -0.2) is 23.8 Å². The molecule has 0 aliphatic rings. The van der Waals surface area contributed by atoms with Crippen molar-refractivity contribution in [3.8, 4) is 5.75 Å². The summed E-state index contributed by atoms with van der Waals surface area (Å²) in [6, 6.07) is 14.4. The molecule has 1 atom stereocenters. The van der Waals surface area contributed by atoms with E-state index in [1.54, 1.807) is 24.3 Å². The molecule has 2 N–H and O–H groups in total. The molecule has 2 aromatic rings. The first-order valence-corrected chi connectivity index (χ1v) is 10.9. The van der Waals surface area contributed by atoms with Crippen LogP contribution in [0, 0.1) is 0 Å². The van der Waals surface area contributed by atoms with Crippen molar-refractivity contribution in [2.45, 2.75) is 51.6 Å². The number of nitrogens with one attached hydrogen (secondary N) is 1. The number of rotatable bonds is 12. The van der Waals surface area contributed by atoms with Crippen LogP contribution in [0.25, 0.3) is 0 Å². The predicted molar refractivity (Wildman–Crippen MR) is 120 cm³/mol. The molecule has 6 heteroatoms. The number of halogens is 1. The first-order valence-electron chi connectivity index (χ1n) is 10.1. The number of ether oxygens (including phenoxy) is 1. The fourth-order valence-corrected chi connectivity index (χ4v) is 3.01. The van der Waals surface area contributed by atoms with Crippen LogP contribution < -0.4 is 10.2 Å². The van der Waals surface area contributed by atoms with Crippen molar-refractivity contribution in [1.29, 1.82) is 0 Å². The minimum absolute atomic E-state index is 0.507. The Balaban J connectivity index is 1.71. The summed E-state index contributed by atoms with van der Waals surface area (Å²) in [6.07, 6.45) is 7.70. The van der Waals surface area contributed by atoms with Gasteiger partial charge in [-0.1, -0.05) is 67.1 Å². The second kappa shape index (κ2) is 13.1. The van der Waals surface area contributed by atoms with Crippen molar-refractivity contribution in [3.05, 3.63) is 64.1 Å². The minimum atomic E-state index is -1.27. The third kappa shape index (κ3) is 8.79. The van der Waals surface area contributed by atoms with Crippen LogP contribution >= 0.6 is 15.9 Å². The lowest BCUT2D eigenvalue weighted by molar-refractivity contribution is -0.129. The van der Waals surface area contributed by atoms with Gasteiger partial charge in [-0.3, -0.25) is 4.79 Å². The van der Waals surface area contributed by atoms with Gasteiger partial charge in [0.25, 0.3) is 5.91 Å². The second-order valence-electron chi connectivity index (χ2n) is 6.87. The molecule has 29 heavy (non-hydrogen) atoms. The fraction of sp³-hybridized carbons (Fsp3) is 0.391. The van der Waals surface area contributed by atoms with Crippen LogP contribution in [0.15, 0.2) is 58.1 Å². The van der Waals surface area contributed by atoms with Crippen molar-refractivity contribution in [2.75, 3.05) is 6.61 Å². The number of nitrogens with zero attached hydrogens (tertiary/aromatic N) is 1. The number of carbonyl (C=O) groups is 1. The van der Waals surface area contributed by atoms with E-state index in [1.165, 1.54) is 38.3 Å². The molecule has 0 spiro atoms. The van der Waals surface area contributed by atoms with E-state index in [-0.39, 0.29) is 0 Å². The summed E-state index contributed by atoms with van der Waals surface area (Å²) >= 11 is 3.32. The summed E-state index contributed by atoms with van der Waals surface area (Å²) in [4.78, 5) is 12.0. The van der Waals surface area contributed by atoms with Crippen molar-refractivity contribution in [2.24, 2.45) is 5.10 Å². The van der Waals surface area contributed by atoms with Crippen LogP contribution in [0.2, 0.25) is 0 Å². The van der Waals surface area contributed by atoms with Gasteiger partial charge >= 0.3 is 0 Å². The van der Waals surface area contributed by atoms with Gasteiger partial charge in [-0.2, -0.15) is 5.10 Å². The van der Waals surface area contributed by atoms with Crippen LogP contribution in [0.4, 0.5) is 0 Å². The molecule has 156 valence electrons. The molecule has 0 saturated heterocycles. The molecule has 0 aromatic heterocycles. The Kier molecular flexibility index (Phi) is 10.5. The maximum Gasteiger partial charge on any atom is 0.273 e. The number of amides is 1. The number of unbranched alkanes of at least 4 members (excludes halogenated alkanes) is 5. The summed E-state index contributed by atoms with van der Waals surface area (Å²) < 4.78 is 6.63. The molecule has 0 heterocycles. The van der Waals surface area contributed by atoms with Gasteiger partial charge in [0, 0.05) is 4.47 Å². The van der Waals surface area contributed by atoms with Crippen molar-refractivity contribution >= 4 is 28.1 Å². The second-order valence-corrected chi connectivity index (χ2v) is 7.79. The lowest BCUT2D eigenvalue weighted by Crippen LogP contribution is -2.25. The number of hydrogen-bond acceptors (Lipinski definition) is 4. The summed E-state index contributed by atoms with van der Waals surface area (Å²) in [7, 11) is 0. The molecule has 1 amide bonds. The summed E-state index contributed by atoms with van der Waals surface area (Å²) in [6.45, 7) is 2.95. The third-order valence-electron chi connectivity index (χ3n) is 4.47. The van der Waals surface area contributed by atoms with Gasteiger partial charge in [-0.25, -0.2) is 5.43 Å². The molecule has 2 aromatic carbocycles. The third-order valence-corrected chi connectivity index (χ3v) is 5.00. The number of hydrogen-bond donors (Lipinski definition) is 2. The Morgan fingerprint density at radius 2 is 1.72 bits per heavy atom. The summed E-state index contributed by atoms with van der Waals surface area (Å²) in [5.41, 5.74) is 3.70. The number of aliphatic hydroxyl groups excluding tert-OH is 1. The highest BCUT2D eigenvalue weighted by Crippen LogP contribution is 2.17. The van der Waals surface area contributed by atoms with E-state index in [0.29, 0.717) is 5.56 Å². The zero-order chi connectivity index (χ0) is 20.9. The molecule has 0 bridgehead atoms. The van der Waals surface area contributed by atoms with Crippen molar-refractivity contribution in [3.63, 3.8) is 0 Å². The quantitative estimate of drug-likeness (QED) is 0.254. The van der Waals surface area contributed by atoms with E-state index in [9.17, 15) is 9.90 Å². The summed E-state index contributed by atoms with van der Waals surface area (Å²) in [5, 5.41) is 14.0. The lowest BCUT2D eigenvalue weighted by atomic mass is 10.1. The Morgan fingerprint density at radius 3 is 2.41 bits per heavy atom. The van der Waals surface area contributed by atoms with Gasteiger partial charge in [0.2, 0.25) is 0 Å². The lowest BCUT2D eigenvalue weighted by Gasteiger charge is -2.09. The molecule has 0 radical (unpaired) electrons. The van der Waals surface area contributed by atoms with Crippen molar-refractivity contribution in [1.82, 2.24) is 5.43 Å². The maximum absolute atomic E-state index is 12.0. The SMILES string of the molecule is CCCCCCCCOc1ccc(/C=N\NC(=O)[C@@H](O)c2ccc(Br)cc2)cc1. The van der Waals surface area contributed by atoms with Gasteiger partial charge in [0.1, 0.15) is 5.75 Å². The Hall–Kier alpha value is -2.18. The topological polar surface area (TPSA) is 70.9 Å². The molecular weight excluding hydrogens is 432 g/mol. The standard InChI is InChI=1S/C23H29BrN2O3/c1-2-3-4-5-6-7-16-29-21-14-8-18(9-15-21)17-25-26-23(28)22(27)19-10-12-20(24)13-11-19/h8-15,17,22,27H,2-7,16H2,1H3,(H,26,28)/b25-17-/t22-/m0/s1. The van der Waals surface area contributed by atoms with Gasteiger partial charge in [-0.15, -0.1) is 0 Å². The highest BCUT2D eigenvalue weighted by atomic mass is 79.9. The number of hydrazone groups is 1. The van der Waals surface area contributed by atoms with Crippen LogP contribution in [-0.2, 0) is 4.79 Å². The van der Waals surface area contributed by atoms with Gasteiger partial charge < -0.3 is 9.84 Å². The Labute approximate surface area is 181 Å². The predicted octanol–water partition coefficient (Wildman–Crippen LogP) is 5.37. The molecule has 0 unspecified atom stereocenters. The fourth-order valence-electron chi connectivity index (χ4n) is 2.75. The highest BCUT2D eigenvalue weighted by Gasteiger charge is 2.16. The minimum Gasteiger partial charge on any atom is -0.494 e. The van der Waals surface area contributed by atoms with E-state index in [2.05, 4.69) is 33.4 Å². The molecule has 2 rings (SSSR count). The number of carbonyl (C=O) groups excluding carboxylic acids is 1. The molecule has 5 nitrogen and oxygen atoms in total. The number of aliphatic hydroxyl groups is 1. The maximum atomic E-state index is 12.0. The average molecular weight is 461 g/mol. The van der Waals surface area contributed by atoms with E-state index in [4.69, 9.17) is 4.74 Å². The van der Waals surface area contributed by atoms with Crippen molar-refractivity contribution < 1.29 is 14.6 Å². The first-order chi connectivity index (χ1) is 14.1. The van der Waals surface area contributed by atoms with Crippen LogP contribution in [0.5, 0.6) is 5.75 Å². The van der Waals surface area contributed by atoms with E-state index in [0.717, 1.165) is 28.8 Å². The average Bonchev–Trinajstić information content (AvgIpc) is 2.74. The summed E-state index contributed by atoms with van der Waals surface area (Å²) in [5.74, 6) is 0.243. The van der Waals surface area contributed by atoms with Gasteiger partial charge in [-0.05, 0) is 53.9 Å². The van der Waals surface area contributed by atoms with Crippen LogP contribution in [0.3, 0.4) is 0 Å². The molecular formula is C23H29BrN2O3. The van der Waals surface area contributed by atoms with Gasteiger partial charge in [0.15, 0.2) is 6.10 Å². The molecule has 0 aliphatic heterocycles. The number of benzene rings is 2. The molecule has 0 saturated carbocycles. The highest BCUT2D eigenvalue weighted by molar-refractivity contribution is 9.10. The largest absolute Gasteiger partial charge is 0.494 e. The zero-order valence-electron chi connectivity index (χ0n) is 16.8. The monoisotopic (exact) mass is 460 g/mol.